The third-order valence-corrected chi connectivity index (χ3v) is 3.30. The highest BCUT2D eigenvalue weighted by Crippen LogP contribution is 2.33. The van der Waals surface area contributed by atoms with Crippen LogP contribution in [0.4, 0.5) is 4.39 Å². The second kappa shape index (κ2) is 6.41. The molecule has 1 aliphatic heterocycles. The van der Waals surface area contributed by atoms with Gasteiger partial charge in [-0.25, -0.2) is 9.18 Å². The molecule has 1 fully saturated rings. The van der Waals surface area contributed by atoms with E-state index >= 15 is 0 Å². The number of carbonyl (C=O) groups excluding carboxylic acids is 1. The lowest BCUT2D eigenvalue weighted by Gasteiger charge is -2.19. The number of nitrogens with one attached hydrogen (secondary N) is 1. The first kappa shape index (κ1) is 16.4. The number of nitrogens with zero attached hydrogens (tertiary/aromatic N) is 1. The van der Waals surface area contributed by atoms with Gasteiger partial charge in [0, 0.05) is 12.3 Å². The lowest BCUT2D eigenvalue weighted by Crippen LogP contribution is -2.38. The van der Waals surface area contributed by atoms with E-state index < -0.39 is 54.4 Å². The van der Waals surface area contributed by atoms with Crippen LogP contribution in [0.25, 0.3) is 0 Å². The van der Waals surface area contributed by atoms with Crippen LogP contribution in [0.3, 0.4) is 0 Å². The molecular weight excluding hydrogens is 299 g/mol. The van der Waals surface area contributed by atoms with Crippen molar-refractivity contribution in [2.24, 2.45) is 5.92 Å². The third kappa shape index (κ3) is 3.09. The Morgan fingerprint density at radius 3 is 2.77 bits per heavy atom. The van der Waals surface area contributed by atoms with Crippen LogP contribution in [0.5, 0.6) is 0 Å². The van der Waals surface area contributed by atoms with E-state index in [1.54, 1.807) is 13.8 Å². The fraction of sp³-hybridized carbons (Fsp3) is 0.615. The minimum absolute atomic E-state index is 0.471. The Labute approximate surface area is 124 Å². The van der Waals surface area contributed by atoms with Crippen LogP contribution < -0.4 is 11.2 Å². The Bertz CT molecular complexity index is 654. The number of rotatable bonds is 4. The molecule has 2 heterocycles. The molecule has 0 aromatic carbocycles. The summed E-state index contributed by atoms with van der Waals surface area (Å²) in [6.45, 7) is 2.59. The zero-order valence-electron chi connectivity index (χ0n) is 12.1. The number of hydrogen-bond donors (Lipinski definition) is 2. The van der Waals surface area contributed by atoms with Gasteiger partial charge in [0.05, 0.1) is 12.5 Å². The molecule has 4 atom stereocenters. The molecule has 8 nitrogen and oxygen atoms in total. The van der Waals surface area contributed by atoms with E-state index in [1.165, 1.54) is 0 Å². The molecule has 0 spiro atoms. The molecule has 1 aromatic heterocycles. The monoisotopic (exact) mass is 316 g/mol. The number of alkyl halides is 1. The Kier molecular flexibility index (Phi) is 4.77. The number of carbonyl (C=O) groups is 1. The van der Waals surface area contributed by atoms with Crippen molar-refractivity contribution in [3.8, 4) is 0 Å². The number of esters is 1. The quantitative estimate of drug-likeness (QED) is 0.713. The van der Waals surface area contributed by atoms with Gasteiger partial charge in [0.15, 0.2) is 18.5 Å². The summed E-state index contributed by atoms with van der Waals surface area (Å²) in [6.07, 6.45) is -4.60. The number of aromatic nitrogens is 2. The highest BCUT2D eigenvalue weighted by atomic mass is 19.1. The van der Waals surface area contributed by atoms with Gasteiger partial charge >= 0.3 is 11.7 Å². The number of aliphatic hydroxyl groups is 1. The molecule has 1 aromatic rings. The van der Waals surface area contributed by atoms with Gasteiger partial charge in [0.1, 0.15) is 6.10 Å². The van der Waals surface area contributed by atoms with E-state index in [2.05, 4.69) is 0 Å². The second-order valence-electron chi connectivity index (χ2n) is 5.27. The molecular formula is C13H17FN2O6. The number of H-pyrrole nitrogens is 1. The van der Waals surface area contributed by atoms with E-state index in [1.807, 2.05) is 4.98 Å². The zero-order chi connectivity index (χ0) is 16.4. The van der Waals surface area contributed by atoms with Gasteiger partial charge in [-0.3, -0.25) is 19.1 Å². The van der Waals surface area contributed by atoms with Crippen molar-refractivity contribution in [1.29, 1.82) is 0 Å². The average molecular weight is 316 g/mol. The summed E-state index contributed by atoms with van der Waals surface area (Å²) < 4.78 is 25.6. The molecule has 2 N–H and O–H groups in total. The molecule has 0 amide bonds. The highest BCUT2D eigenvalue weighted by molar-refractivity contribution is 5.71. The second-order valence-corrected chi connectivity index (χ2v) is 5.27. The number of aromatic amines is 1. The molecule has 22 heavy (non-hydrogen) atoms. The predicted octanol–water partition coefficient (Wildman–Crippen LogP) is -0.668. The Morgan fingerprint density at radius 2 is 2.23 bits per heavy atom. The summed E-state index contributed by atoms with van der Waals surface area (Å²) in [5.41, 5.74) is -1.48. The number of halogens is 1. The van der Waals surface area contributed by atoms with Gasteiger partial charge in [0.25, 0.3) is 5.56 Å². The van der Waals surface area contributed by atoms with E-state index in [0.717, 1.165) is 16.8 Å². The summed E-state index contributed by atoms with van der Waals surface area (Å²) in [5.74, 6) is -1.11. The van der Waals surface area contributed by atoms with Crippen LogP contribution in [0.15, 0.2) is 21.9 Å². The Balaban J connectivity index is 2.27. The van der Waals surface area contributed by atoms with E-state index in [-0.39, 0.29) is 0 Å². The topological polar surface area (TPSA) is 111 Å². The van der Waals surface area contributed by atoms with E-state index in [9.17, 15) is 23.9 Å². The van der Waals surface area contributed by atoms with E-state index in [0.29, 0.717) is 0 Å². The Hall–Kier alpha value is -2.00. The first-order valence-electron chi connectivity index (χ1n) is 6.77. The van der Waals surface area contributed by atoms with Crippen molar-refractivity contribution >= 4 is 5.97 Å². The van der Waals surface area contributed by atoms with Crippen LogP contribution in [0, 0.1) is 5.92 Å². The molecule has 0 bridgehead atoms. The predicted molar refractivity (Wildman–Crippen MR) is 71.9 cm³/mol. The summed E-state index contributed by atoms with van der Waals surface area (Å²) in [6, 6.07) is 1.04. The average Bonchev–Trinajstić information content (AvgIpc) is 2.76. The van der Waals surface area contributed by atoms with Gasteiger partial charge < -0.3 is 14.6 Å². The molecule has 2 rings (SSSR count). The summed E-state index contributed by atoms with van der Waals surface area (Å²) >= 11 is 0. The maximum atomic E-state index is 14.5. The summed E-state index contributed by atoms with van der Waals surface area (Å²) in [4.78, 5) is 36.3. The molecule has 1 aliphatic rings. The molecule has 1 saturated heterocycles. The Morgan fingerprint density at radius 1 is 1.55 bits per heavy atom. The minimum atomic E-state index is -1.86. The van der Waals surface area contributed by atoms with Crippen molar-refractivity contribution in [1.82, 2.24) is 9.55 Å². The van der Waals surface area contributed by atoms with Crippen LogP contribution in [0.2, 0.25) is 0 Å². The third-order valence-electron chi connectivity index (χ3n) is 3.30. The van der Waals surface area contributed by atoms with Gasteiger partial charge in [-0.1, -0.05) is 13.8 Å². The smallest absolute Gasteiger partial charge is 0.330 e. The van der Waals surface area contributed by atoms with Gasteiger partial charge in [-0.15, -0.1) is 0 Å². The summed E-state index contributed by atoms with van der Waals surface area (Å²) in [7, 11) is 0. The van der Waals surface area contributed by atoms with Crippen LogP contribution >= 0.6 is 0 Å². The van der Waals surface area contributed by atoms with Gasteiger partial charge in [0.2, 0.25) is 0 Å². The SMILES string of the molecule is CC(C)C(=O)OC1C(CO)OC(n2ccc(=O)[nH]c2=O)C1F. The standard InChI is InChI=1S/C13H17FN2O6/c1-6(2)12(19)22-10-7(5-17)21-11(9(10)14)16-4-3-8(18)15-13(16)20/h3-4,6-7,9-11,17H,5H2,1-2H3,(H,15,18,20). The van der Waals surface area contributed by atoms with Crippen LogP contribution in [-0.2, 0) is 14.3 Å². The molecule has 122 valence electrons. The van der Waals surface area contributed by atoms with Crippen molar-refractivity contribution in [2.45, 2.75) is 38.5 Å². The lowest BCUT2D eigenvalue weighted by molar-refractivity contribution is -0.158. The molecule has 0 aliphatic carbocycles. The maximum absolute atomic E-state index is 14.5. The zero-order valence-corrected chi connectivity index (χ0v) is 12.1. The van der Waals surface area contributed by atoms with Crippen LogP contribution in [-0.4, -0.2) is 45.6 Å². The number of aliphatic hydroxyl groups excluding tert-OH is 1. The number of ether oxygens (including phenoxy) is 2. The minimum Gasteiger partial charge on any atom is -0.456 e. The molecule has 0 radical (unpaired) electrons. The molecule has 0 saturated carbocycles. The highest BCUT2D eigenvalue weighted by Gasteiger charge is 2.48. The maximum Gasteiger partial charge on any atom is 0.330 e. The fourth-order valence-corrected chi connectivity index (χ4v) is 2.10. The van der Waals surface area contributed by atoms with Crippen molar-refractivity contribution in [3.05, 3.63) is 33.1 Å². The van der Waals surface area contributed by atoms with Gasteiger partial charge in [-0.2, -0.15) is 0 Å². The number of hydrogen-bond acceptors (Lipinski definition) is 6. The largest absolute Gasteiger partial charge is 0.456 e. The molecule has 4 unspecified atom stereocenters. The first-order valence-corrected chi connectivity index (χ1v) is 6.77. The van der Waals surface area contributed by atoms with Crippen molar-refractivity contribution < 1.29 is 23.8 Å². The fourth-order valence-electron chi connectivity index (χ4n) is 2.10. The van der Waals surface area contributed by atoms with Crippen LogP contribution in [0.1, 0.15) is 20.1 Å². The van der Waals surface area contributed by atoms with Crippen molar-refractivity contribution in [2.75, 3.05) is 6.61 Å². The first-order chi connectivity index (χ1) is 10.3. The lowest BCUT2D eigenvalue weighted by atomic mass is 10.1. The van der Waals surface area contributed by atoms with Gasteiger partial charge in [-0.05, 0) is 0 Å². The van der Waals surface area contributed by atoms with Crippen molar-refractivity contribution in [3.63, 3.8) is 0 Å². The normalized spacial score (nSPS) is 28.0. The molecule has 9 heteroatoms. The van der Waals surface area contributed by atoms with E-state index in [4.69, 9.17) is 9.47 Å². The summed E-state index contributed by atoms with van der Waals surface area (Å²) in [5, 5.41) is 9.26.